The van der Waals surface area contributed by atoms with Gasteiger partial charge in [-0.3, -0.25) is 4.79 Å². The van der Waals surface area contributed by atoms with E-state index in [1.807, 2.05) is 30.3 Å². The molecule has 0 radical (unpaired) electrons. The molecule has 2 N–H and O–H groups in total. The van der Waals surface area contributed by atoms with E-state index in [0.717, 1.165) is 5.56 Å². The van der Waals surface area contributed by atoms with Crippen molar-refractivity contribution in [3.63, 3.8) is 0 Å². The summed E-state index contributed by atoms with van der Waals surface area (Å²) in [5, 5.41) is 12.6. The predicted molar refractivity (Wildman–Crippen MR) is 67.2 cm³/mol. The molecule has 1 aromatic carbocycles. The predicted octanol–water partition coefficient (Wildman–Crippen LogP) is 2.05. The number of furan rings is 1. The molecule has 0 saturated carbocycles. The molecule has 0 aliphatic rings. The molecule has 0 bridgehead atoms. The number of hydrogen-bond acceptors (Lipinski definition) is 3. The summed E-state index contributed by atoms with van der Waals surface area (Å²) in [6, 6.07) is 10.8. The van der Waals surface area contributed by atoms with E-state index in [1.165, 1.54) is 6.26 Å². The normalized spacial score (nSPS) is 12.1. The van der Waals surface area contributed by atoms with Gasteiger partial charge in [-0.05, 0) is 18.6 Å². The number of rotatable bonds is 4. The summed E-state index contributed by atoms with van der Waals surface area (Å²) in [7, 11) is 0. The number of amides is 1. The lowest BCUT2D eigenvalue weighted by Gasteiger charge is -2.11. The maximum Gasteiger partial charge on any atom is 0.254 e. The molecule has 0 fully saturated rings. The lowest BCUT2D eigenvalue weighted by atomic mass is 10.1. The fraction of sp³-hybridized carbons (Fsp3) is 0.214. The van der Waals surface area contributed by atoms with E-state index in [9.17, 15) is 9.90 Å². The van der Waals surface area contributed by atoms with Crippen molar-refractivity contribution in [2.75, 3.05) is 6.54 Å². The zero-order valence-electron chi connectivity index (χ0n) is 10.1. The van der Waals surface area contributed by atoms with Gasteiger partial charge in [-0.1, -0.05) is 30.3 Å². The number of aryl methyl sites for hydroxylation is 1. The zero-order chi connectivity index (χ0) is 13.0. The van der Waals surface area contributed by atoms with Crippen molar-refractivity contribution < 1.29 is 14.3 Å². The maximum absolute atomic E-state index is 11.8. The highest BCUT2D eigenvalue weighted by atomic mass is 16.3. The van der Waals surface area contributed by atoms with Crippen molar-refractivity contribution in [1.29, 1.82) is 0 Å². The number of nitrogens with one attached hydrogen (secondary N) is 1. The highest BCUT2D eigenvalue weighted by Crippen LogP contribution is 2.12. The van der Waals surface area contributed by atoms with Crippen LogP contribution in [0.3, 0.4) is 0 Å². The molecule has 2 aromatic rings. The second kappa shape index (κ2) is 5.51. The van der Waals surface area contributed by atoms with Crippen molar-refractivity contribution in [3.8, 4) is 0 Å². The van der Waals surface area contributed by atoms with Crippen LogP contribution in [0.25, 0.3) is 0 Å². The maximum atomic E-state index is 11.8. The molecule has 1 atom stereocenters. The Morgan fingerprint density at radius 1 is 1.33 bits per heavy atom. The molecule has 0 aliphatic carbocycles. The highest BCUT2D eigenvalue weighted by Gasteiger charge is 2.13. The summed E-state index contributed by atoms with van der Waals surface area (Å²) in [5.41, 5.74) is 1.27. The molecule has 1 unspecified atom stereocenters. The smallest absolute Gasteiger partial charge is 0.254 e. The Bertz CT molecular complexity index is 519. The van der Waals surface area contributed by atoms with Gasteiger partial charge in [0.25, 0.3) is 5.91 Å². The zero-order valence-corrected chi connectivity index (χ0v) is 10.1. The average molecular weight is 245 g/mol. The molecular formula is C14H15NO3. The van der Waals surface area contributed by atoms with Crippen LogP contribution in [0.4, 0.5) is 0 Å². The summed E-state index contributed by atoms with van der Waals surface area (Å²) in [6.07, 6.45) is 0.764. The van der Waals surface area contributed by atoms with Gasteiger partial charge in [0.05, 0.1) is 17.9 Å². The van der Waals surface area contributed by atoms with Gasteiger partial charge in [0.2, 0.25) is 0 Å². The molecule has 0 saturated heterocycles. The molecule has 1 aromatic heterocycles. The minimum absolute atomic E-state index is 0.174. The molecule has 0 aliphatic heterocycles. The minimum Gasteiger partial charge on any atom is -0.469 e. The van der Waals surface area contributed by atoms with Crippen LogP contribution < -0.4 is 5.32 Å². The van der Waals surface area contributed by atoms with Crippen molar-refractivity contribution in [1.82, 2.24) is 5.32 Å². The Kier molecular flexibility index (Phi) is 3.79. The largest absolute Gasteiger partial charge is 0.469 e. The Labute approximate surface area is 105 Å². The third kappa shape index (κ3) is 2.78. The van der Waals surface area contributed by atoms with E-state index in [2.05, 4.69) is 5.32 Å². The fourth-order valence-electron chi connectivity index (χ4n) is 1.70. The SMILES string of the molecule is Cc1occc1C(=O)NCC(O)c1ccccc1. The van der Waals surface area contributed by atoms with Crippen LogP contribution >= 0.6 is 0 Å². The Morgan fingerprint density at radius 3 is 2.67 bits per heavy atom. The van der Waals surface area contributed by atoms with Crippen LogP contribution in [0.15, 0.2) is 47.1 Å². The molecule has 4 heteroatoms. The van der Waals surface area contributed by atoms with Crippen LogP contribution in [0, 0.1) is 6.92 Å². The summed E-state index contributed by atoms with van der Waals surface area (Å²) in [6.45, 7) is 1.90. The molecule has 94 valence electrons. The highest BCUT2D eigenvalue weighted by molar-refractivity contribution is 5.95. The van der Waals surface area contributed by atoms with Gasteiger partial charge in [0.15, 0.2) is 0 Å². The molecule has 1 amide bonds. The lowest BCUT2D eigenvalue weighted by Crippen LogP contribution is -2.28. The molecule has 1 heterocycles. The van der Waals surface area contributed by atoms with Gasteiger partial charge in [0.1, 0.15) is 5.76 Å². The Morgan fingerprint density at radius 2 is 2.06 bits per heavy atom. The van der Waals surface area contributed by atoms with Gasteiger partial charge < -0.3 is 14.8 Å². The van der Waals surface area contributed by atoms with E-state index in [-0.39, 0.29) is 12.5 Å². The van der Waals surface area contributed by atoms with E-state index in [0.29, 0.717) is 11.3 Å². The van der Waals surface area contributed by atoms with Crippen LogP contribution in [-0.2, 0) is 0 Å². The van der Waals surface area contributed by atoms with Crippen molar-refractivity contribution in [2.45, 2.75) is 13.0 Å². The number of aliphatic hydroxyl groups is 1. The topological polar surface area (TPSA) is 62.5 Å². The van der Waals surface area contributed by atoms with Crippen LogP contribution in [0.1, 0.15) is 27.8 Å². The van der Waals surface area contributed by atoms with Gasteiger partial charge in [0, 0.05) is 6.54 Å². The monoisotopic (exact) mass is 245 g/mol. The van der Waals surface area contributed by atoms with E-state index >= 15 is 0 Å². The second-order valence-corrected chi connectivity index (χ2v) is 4.03. The van der Waals surface area contributed by atoms with Crippen LogP contribution in [0.2, 0.25) is 0 Å². The van der Waals surface area contributed by atoms with Gasteiger partial charge in [-0.15, -0.1) is 0 Å². The third-order valence-corrected chi connectivity index (χ3v) is 2.74. The first-order chi connectivity index (χ1) is 8.68. The summed E-state index contributed by atoms with van der Waals surface area (Å²) < 4.78 is 5.05. The molecule has 4 nitrogen and oxygen atoms in total. The fourth-order valence-corrected chi connectivity index (χ4v) is 1.70. The van der Waals surface area contributed by atoms with Gasteiger partial charge >= 0.3 is 0 Å². The molecule has 18 heavy (non-hydrogen) atoms. The first-order valence-corrected chi connectivity index (χ1v) is 5.74. The standard InChI is InChI=1S/C14H15NO3/c1-10-12(7-8-18-10)14(17)15-9-13(16)11-5-3-2-4-6-11/h2-8,13,16H,9H2,1H3,(H,15,17). The Hall–Kier alpha value is -2.07. The van der Waals surface area contributed by atoms with Crippen LogP contribution in [-0.4, -0.2) is 17.6 Å². The number of benzene rings is 1. The first kappa shape index (κ1) is 12.4. The van der Waals surface area contributed by atoms with E-state index in [1.54, 1.807) is 13.0 Å². The Balaban J connectivity index is 1.93. The minimum atomic E-state index is -0.706. The number of aliphatic hydroxyl groups excluding tert-OH is 1. The van der Waals surface area contributed by atoms with E-state index in [4.69, 9.17) is 4.42 Å². The van der Waals surface area contributed by atoms with Crippen molar-refractivity contribution in [3.05, 3.63) is 59.5 Å². The molecular weight excluding hydrogens is 230 g/mol. The van der Waals surface area contributed by atoms with Crippen LogP contribution in [0.5, 0.6) is 0 Å². The quantitative estimate of drug-likeness (QED) is 0.866. The summed E-state index contributed by atoms with van der Waals surface area (Å²) in [5.74, 6) is 0.331. The van der Waals surface area contributed by atoms with Crippen molar-refractivity contribution in [2.24, 2.45) is 0 Å². The first-order valence-electron chi connectivity index (χ1n) is 5.74. The number of carbonyl (C=O) groups is 1. The van der Waals surface area contributed by atoms with Crippen molar-refractivity contribution >= 4 is 5.91 Å². The number of hydrogen-bond donors (Lipinski definition) is 2. The lowest BCUT2D eigenvalue weighted by molar-refractivity contribution is 0.0915. The third-order valence-electron chi connectivity index (χ3n) is 2.74. The summed E-state index contributed by atoms with van der Waals surface area (Å²) >= 11 is 0. The summed E-state index contributed by atoms with van der Waals surface area (Å²) in [4.78, 5) is 11.8. The molecule has 0 spiro atoms. The second-order valence-electron chi connectivity index (χ2n) is 4.03. The van der Waals surface area contributed by atoms with Gasteiger partial charge in [-0.25, -0.2) is 0 Å². The molecule has 2 rings (SSSR count). The van der Waals surface area contributed by atoms with E-state index < -0.39 is 6.10 Å². The average Bonchev–Trinajstić information content (AvgIpc) is 2.83. The van der Waals surface area contributed by atoms with Gasteiger partial charge in [-0.2, -0.15) is 0 Å². The number of carbonyl (C=O) groups excluding carboxylic acids is 1.